The quantitative estimate of drug-likeness (QED) is 0.704. The van der Waals surface area contributed by atoms with Crippen molar-refractivity contribution in [2.24, 2.45) is 0 Å². The van der Waals surface area contributed by atoms with E-state index in [1.54, 1.807) is 6.20 Å². The normalized spacial score (nSPS) is 12.9. The molecule has 0 aliphatic heterocycles. The van der Waals surface area contributed by atoms with Gasteiger partial charge in [-0.2, -0.15) is 0 Å². The maximum atomic E-state index is 9.84. The van der Waals surface area contributed by atoms with Gasteiger partial charge < -0.3 is 10.4 Å². The second-order valence-corrected chi connectivity index (χ2v) is 4.11. The van der Waals surface area contributed by atoms with Gasteiger partial charge >= 0.3 is 0 Å². The zero-order chi connectivity index (χ0) is 12.5. The Hall–Kier alpha value is -0.970. The minimum Gasteiger partial charge on any atom is -0.390 e. The molecule has 0 saturated heterocycles. The molecular weight excluding hydrogens is 214 g/mol. The molecule has 4 nitrogen and oxygen atoms in total. The zero-order valence-corrected chi connectivity index (χ0v) is 10.8. The average Bonchev–Trinajstić information content (AvgIpc) is 2.36. The van der Waals surface area contributed by atoms with Crippen LogP contribution in [0.4, 0.5) is 0 Å². The van der Waals surface area contributed by atoms with Crippen molar-refractivity contribution in [1.29, 1.82) is 0 Å². The van der Waals surface area contributed by atoms with Crippen molar-refractivity contribution < 1.29 is 5.11 Å². The number of rotatable bonds is 8. The molecule has 0 aromatic carbocycles. The van der Waals surface area contributed by atoms with Crippen molar-refractivity contribution in [3.8, 4) is 0 Å². The number of nitrogens with zero attached hydrogens (tertiary/aromatic N) is 2. The van der Waals surface area contributed by atoms with E-state index in [-0.39, 0.29) is 6.10 Å². The van der Waals surface area contributed by atoms with Crippen LogP contribution >= 0.6 is 0 Å². The molecule has 4 heteroatoms. The Kier molecular flexibility index (Phi) is 6.77. The standard InChI is InChI=1S/C13H23N3O/c1-3-14-9-13(17)11-16(4-2)10-12-7-5-6-8-15-12/h5-8,13-14,17H,3-4,9-11H2,1-2H3. The van der Waals surface area contributed by atoms with Gasteiger partial charge in [-0.15, -0.1) is 0 Å². The Morgan fingerprint density at radius 3 is 2.82 bits per heavy atom. The molecule has 0 fully saturated rings. The Balaban J connectivity index is 2.38. The minimum absolute atomic E-state index is 0.321. The molecule has 0 aliphatic carbocycles. The van der Waals surface area contributed by atoms with Crippen LogP contribution in [0.3, 0.4) is 0 Å². The van der Waals surface area contributed by atoms with Crippen LogP contribution in [0.5, 0.6) is 0 Å². The Morgan fingerprint density at radius 1 is 1.41 bits per heavy atom. The lowest BCUT2D eigenvalue weighted by Crippen LogP contribution is -2.38. The van der Waals surface area contributed by atoms with Gasteiger partial charge in [-0.05, 0) is 25.2 Å². The molecule has 1 heterocycles. The summed E-state index contributed by atoms with van der Waals surface area (Å²) in [5.74, 6) is 0. The van der Waals surface area contributed by atoms with E-state index in [4.69, 9.17) is 0 Å². The second-order valence-electron chi connectivity index (χ2n) is 4.11. The Morgan fingerprint density at radius 2 is 2.24 bits per heavy atom. The highest BCUT2D eigenvalue weighted by atomic mass is 16.3. The number of pyridine rings is 1. The van der Waals surface area contributed by atoms with Gasteiger partial charge in [0.05, 0.1) is 11.8 Å². The molecule has 2 N–H and O–H groups in total. The Labute approximate surface area is 104 Å². The van der Waals surface area contributed by atoms with Crippen molar-refractivity contribution in [2.75, 3.05) is 26.2 Å². The van der Waals surface area contributed by atoms with E-state index < -0.39 is 0 Å². The van der Waals surface area contributed by atoms with Crippen LogP contribution in [0, 0.1) is 0 Å². The van der Waals surface area contributed by atoms with Crippen LogP contribution in [-0.4, -0.2) is 47.3 Å². The van der Waals surface area contributed by atoms with Crippen LogP contribution in [0.2, 0.25) is 0 Å². The van der Waals surface area contributed by atoms with E-state index in [9.17, 15) is 5.11 Å². The summed E-state index contributed by atoms with van der Waals surface area (Å²) in [5.41, 5.74) is 1.05. The van der Waals surface area contributed by atoms with Gasteiger partial charge in [0.25, 0.3) is 0 Å². The fraction of sp³-hybridized carbons (Fsp3) is 0.615. The highest BCUT2D eigenvalue weighted by Gasteiger charge is 2.10. The summed E-state index contributed by atoms with van der Waals surface area (Å²) in [6.45, 7) is 8.07. The van der Waals surface area contributed by atoms with Gasteiger partial charge in [-0.25, -0.2) is 0 Å². The van der Waals surface area contributed by atoms with E-state index in [0.717, 1.165) is 25.3 Å². The summed E-state index contributed by atoms with van der Waals surface area (Å²) in [6.07, 6.45) is 1.48. The smallest absolute Gasteiger partial charge is 0.0791 e. The summed E-state index contributed by atoms with van der Waals surface area (Å²) >= 11 is 0. The van der Waals surface area contributed by atoms with Gasteiger partial charge in [0.2, 0.25) is 0 Å². The molecule has 0 saturated carbocycles. The first-order valence-electron chi connectivity index (χ1n) is 6.27. The molecule has 0 aliphatic rings. The number of nitrogens with one attached hydrogen (secondary N) is 1. The minimum atomic E-state index is -0.321. The number of hydrogen-bond donors (Lipinski definition) is 2. The number of likely N-dealkylation sites (N-methyl/N-ethyl adjacent to an activating group) is 2. The topological polar surface area (TPSA) is 48.4 Å². The average molecular weight is 237 g/mol. The van der Waals surface area contributed by atoms with Crippen LogP contribution in [-0.2, 0) is 6.54 Å². The number of aliphatic hydroxyl groups excluding tert-OH is 1. The molecule has 0 bridgehead atoms. The molecule has 0 spiro atoms. The third-order valence-electron chi connectivity index (χ3n) is 2.66. The fourth-order valence-electron chi connectivity index (χ4n) is 1.70. The molecule has 0 radical (unpaired) electrons. The van der Waals surface area contributed by atoms with Gasteiger partial charge in [-0.3, -0.25) is 9.88 Å². The number of aliphatic hydroxyl groups is 1. The predicted molar refractivity (Wildman–Crippen MR) is 69.7 cm³/mol. The van der Waals surface area contributed by atoms with Crippen LogP contribution in [0.1, 0.15) is 19.5 Å². The van der Waals surface area contributed by atoms with E-state index in [2.05, 4.69) is 22.1 Å². The third-order valence-corrected chi connectivity index (χ3v) is 2.66. The highest BCUT2D eigenvalue weighted by Crippen LogP contribution is 2.01. The van der Waals surface area contributed by atoms with Crippen LogP contribution < -0.4 is 5.32 Å². The van der Waals surface area contributed by atoms with Gasteiger partial charge in [0, 0.05) is 25.8 Å². The second kappa shape index (κ2) is 8.17. The maximum absolute atomic E-state index is 9.84. The van der Waals surface area contributed by atoms with E-state index in [1.165, 1.54) is 0 Å². The van der Waals surface area contributed by atoms with Crippen LogP contribution in [0.25, 0.3) is 0 Å². The molecule has 1 unspecified atom stereocenters. The summed E-state index contributed by atoms with van der Waals surface area (Å²) in [7, 11) is 0. The van der Waals surface area contributed by atoms with Crippen molar-refractivity contribution in [3.05, 3.63) is 30.1 Å². The monoisotopic (exact) mass is 237 g/mol. The maximum Gasteiger partial charge on any atom is 0.0791 e. The van der Waals surface area contributed by atoms with Gasteiger partial charge in [0.15, 0.2) is 0 Å². The zero-order valence-electron chi connectivity index (χ0n) is 10.8. The van der Waals surface area contributed by atoms with Crippen molar-refractivity contribution in [3.63, 3.8) is 0 Å². The first-order chi connectivity index (χ1) is 8.26. The van der Waals surface area contributed by atoms with Crippen molar-refractivity contribution in [2.45, 2.75) is 26.5 Å². The molecule has 17 heavy (non-hydrogen) atoms. The predicted octanol–water partition coefficient (Wildman–Crippen LogP) is 0.874. The first kappa shape index (κ1) is 14.1. The Bertz CT molecular complexity index is 292. The summed E-state index contributed by atoms with van der Waals surface area (Å²) in [4.78, 5) is 6.50. The number of aromatic nitrogens is 1. The largest absolute Gasteiger partial charge is 0.390 e. The molecule has 1 rings (SSSR count). The lowest BCUT2D eigenvalue weighted by atomic mass is 10.2. The summed E-state index contributed by atoms with van der Waals surface area (Å²) in [6, 6.07) is 5.92. The molecule has 1 aromatic heterocycles. The summed E-state index contributed by atoms with van der Waals surface area (Å²) < 4.78 is 0. The molecule has 1 aromatic rings. The first-order valence-corrected chi connectivity index (χ1v) is 6.27. The SMILES string of the molecule is CCNCC(O)CN(CC)Cc1ccccn1. The van der Waals surface area contributed by atoms with E-state index in [1.807, 2.05) is 25.1 Å². The van der Waals surface area contributed by atoms with E-state index in [0.29, 0.717) is 13.1 Å². The van der Waals surface area contributed by atoms with Crippen LogP contribution in [0.15, 0.2) is 24.4 Å². The van der Waals surface area contributed by atoms with Crippen molar-refractivity contribution >= 4 is 0 Å². The molecular formula is C13H23N3O. The van der Waals surface area contributed by atoms with Crippen molar-refractivity contribution in [1.82, 2.24) is 15.2 Å². The summed E-state index contributed by atoms with van der Waals surface area (Å²) in [5, 5.41) is 13.0. The number of hydrogen-bond acceptors (Lipinski definition) is 4. The molecule has 96 valence electrons. The lowest BCUT2D eigenvalue weighted by molar-refractivity contribution is 0.110. The third kappa shape index (κ3) is 5.77. The van der Waals surface area contributed by atoms with E-state index >= 15 is 0 Å². The molecule has 1 atom stereocenters. The van der Waals surface area contributed by atoms with Gasteiger partial charge in [0.1, 0.15) is 0 Å². The highest BCUT2D eigenvalue weighted by molar-refractivity contribution is 5.03. The lowest BCUT2D eigenvalue weighted by Gasteiger charge is -2.23. The fourth-order valence-corrected chi connectivity index (χ4v) is 1.70. The molecule has 0 amide bonds. The van der Waals surface area contributed by atoms with Gasteiger partial charge in [-0.1, -0.05) is 19.9 Å².